The van der Waals surface area contributed by atoms with Gasteiger partial charge in [0.1, 0.15) is 16.6 Å². The zero-order valence-electron chi connectivity index (χ0n) is 11.4. The molecular formula is C15H14FNO3S. The number of nitrogens with zero attached hydrogens (tertiary/aromatic N) is 1. The Morgan fingerprint density at radius 3 is 2.86 bits per heavy atom. The van der Waals surface area contributed by atoms with Crippen LogP contribution in [0.15, 0.2) is 29.6 Å². The normalized spacial score (nSPS) is 12.1. The van der Waals surface area contributed by atoms with Crippen LogP contribution in [0.5, 0.6) is 0 Å². The van der Waals surface area contributed by atoms with E-state index >= 15 is 0 Å². The zero-order valence-corrected chi connectivity index (χ0v) is 12.2. The van der Waals surface area contributed by atoms with Gasteiger partial charge in [-0.3, -0.25) is 9.59 Å². The molecule has 1 heterocycles. The van der Waals surface area contributed by atoms with Crippen LogP contribution in [0.3, 0.4) is 0 Å². The summed E-state index contributed by atoms with van der Waals surface area (Å²) in [5.41, 5.74) is 1.25. The minimum atomic E-state index is -0.984. The van der Waals surface area contributed by atoms with E-state index in [2.05, 4.69) is 4.98 Å². The summed E-state index contributed by atoms with van der Waals surface area (Å²) in [5, 5.41) is 11.2. The van der Waals surface area contributed by atoms with Gasteiger partial charge in [-0.15, -0.1) is 11.3 Å². The van der Waals surface area contributed by atoms with Crippen molar-refractivity contribution in [2.24, 2.45) is 5.92 Å². The lowest BCUT2D eigenvalue weighted by atomic mass is 10.0. The summed E-state index contributed by atoms with van der Waals surface area (Å²) >= 11 is 1.33. The van der Waals surface area contributed by atoms with Crippen LogP contribution in [-0.4, -0.2) is 21.8 Å². The molecular weight excluding hydrogens is 293 g/mol. The van der Waals surface area contributed by atoms with E-state index in [9.17, 15) is 14.0 Å². The lowest BCUT2D eigenvalue weighted by Crippen LogP contribution is -2.16. The van der Waals surface area contributed by atoms with Gasteiger partial charge in [-0.25, -0.2) is 9.37 Å². The van der Waals surface area contributed by atoms with E-state index < -0.39 is 11.9 Å². The Kier molecular flexibility index (Phi) is 4.80. The van der Waals surface area contributed by atoms with Crippen molar-refractivity contribution in [3.8, 4) is 10.6 Å². The van der Waals surface area contributed by atoms with Crippen LogP contribution < -0.4 is 0 Å². The fourth-order valence-electron chi connectivity index (χ4n) is 1.85. The van der Waals surface area contributed by atoms with E-state index in [0.717, 1.165) is 0 Å². The van der Waals surface area contributed by atoms with Gasteiger partial charge in [-0.05, 0) is 12.1 Å². The average molecular weight is 307 g/mol. The summed E-state index contributed by atoms with van der Waals surface area (Å²) in [6.45, 7) is 1.50. The third-order valence-corrected chi connectivity index (χ3v) is 3.90. The summed E-state index contributed by atoms with van der Waals surface area (Å²) in [6, 6.07) is 6.09. The quantitative estimate of drug-likeness (QED) is 0.890. The molecule has 1 atom stereocenters. The van der Waals surface area contributed by atoms with Crippen molar-refractivity contribution in [2.75, 3.05) is 0 Å². The van der Waals surface area contributed by atoms with Gasteiger partial charge in [0.2, 0.25) is 0 Å². The molecule has 2 rings (SSSR count). The lowest BCUT2D eigenvalue weighted by Gasteiger charge is -2.03. The Morgan fingerprint density at radius 2 is 2.19 bits per heavy atom. The molecule has 0 spiro atoms. The molecule has 0 bridgehead atoms. The first kappa shape index (κ1) is 15.3. The zero-order chi connectivity index (χ0) is 15.4. The molecule has 6 heteroatoms. The van der Waals surface area contributed by atoms with Gasteiger partial charge in [0, 0.05) is 23.8 Å². The molecule has 0 radical (unpaired) electrons. The molecule has 0 unspecified atom stereocenters. The molecule has 110 valence electrons. The number of hydrogen-bond acceptors (Lipinski definition) is 4. The number of thiazole rings is 1. The number of aliphatic carboxylic acids is 1. The van der Waals surface area contributed by atoms with E-state index in [1.54, 1.807) is 17.5 Å². The van der Waals surface area contributed by atoms with E-state index in [1.165, 1.54) is 30.4 Å². The van der Waals surface area contributed by atoms with Crippen molar-refractivity contribution in [3.63, 3.8) is 0 Å². The third kappa shape index (κ3) is 4.19. The standard InChI is InChI=1S/C15H14FNO3S/c1-9(15(19)20)5-13(18)7-12-8-21-14(17-12)10-3-2-4-11(16)6-10/h2-4,6,8-9H,5,7H2,1H3,(H,19,20)/t9-/m0/s1. The maximum absolute atomic E-state index is 13.2. The Balaban J connectivity index is 2.03. The number of Topliss-reactive ketones (excluding diaryl/α,β-unsaturated/α-hetero) is 1. The van der Waals surface area contributed by atoms with Gasteiger partial charge in [0.25, 0.3) is 0 Å². The van der Waals surface area contributed by atoms with Crippen molar-refractivity contribution in [1.82, 2.24) is 4.98 Å². The molecule has 0 saturated heterocycles. The maximum atomic E-state index is 13.2. The second kappa shape index (κ2) is 6.58. The molecule has 0 aliphatic rings. The highest BCUT2D eigenvalue weighted by Crippen LogP contribution is 2.24. The molecule has 1 aromatic carbocycles. The predicted molar refractivity (Wildman–Crippen MR) is 77.6 cm³/mol. The first-order chi connectivity index (χ1) is 9.95. The van der Waals surface area contributed by atoms with Crippen LogP contribution in [0.2, 0.25) is 0 Å². The van der Waals surface area contributed by atoms with Crippen LogP contribution in [0.1, 0.15) is 19.0 Å². The number of aromatic nitrogens is 1. The average Bonchev–Trinajstić information content (AvgIpc) is 2.86. The van der Waals surface area contributed by atoms with E-state index in [0.29, 0.717) is 16.3 Å². The highest BCUT2D eigenvalue weighted by atomic mass is 32.1. The monoisotopic (exact) mass is 307 g/mol. The summed E-state index contributed by atoms with van der Waals surface area (Å²) < 4.78 is 13.2. The first-order valence-electron chi connectivity index (χ1n) is 6.40. The van der Waals surface area contributed by atoms with Crippen molar-refractivity contribution < 1.29 is 19.1 Å². The van der Waals surface area contributed by atoms with Crippen molar-refractivity contribution >= 4 is 23.1 Å². The number of halogens is 1. The van der Waals surface area contributed by atoms with Crippen molar-refractivity contribution in [2.45, 2.75) is 19.8 Å². The van der Waals surface area contributed by atoms with Crippen LogP contribution in [0.25, 0.3) is 10.6 Å². The Bertz CT molecular complexity index is 668. The largest absolute Gasteiger partial charge is 0.481 e. The highest BCUT2D eigenvalue weighted by molar-refractivity contribution is 7.13. The molecule has 0 amide bonds. The third-order valence-electron chi connectivity index (χ3n) is 2.96. The molecule has 0 aliphatic heterocycles. The molecule has 4 nitrogen and oxygen atoms in total. The fraction of sp³-hybridized carbons (Fsp3) is 0.267. The Hall–Kier alpha value is -2.08. The first-order valence-corrected chi connectivity index (χ1v) is 7.28. The predicted octanol–water partition coefficient (Wildman–Crippen LogP) is 3.17. The van der Waals surface area contributed by atoms with E-state index in [-0.39, 0.29) is 24.4 Å². The number of rotatable bonds is 6. The topological polar surface area (TPSA) is 67.3 Å². The fourth-order valence-corrected chi connectivity index (χ4v) is 2.66. The van der Waals surface area contributed by atoms with E-state index in [4.69, 9.17) is 5.11 Å². The van der Waals surface area contributed by atoms with Gasteiger partial charge in [0.05, 0.1) is 11.6 Å². The second-order valence-electron chi connectivity index (χ2n) is 4.81. The van der Waals surface area contributed by atoms with Crippen LogP contribution in [0.4, 0.5) is 4.39 Å². The number of carbonyl (C=O) groups excluding carboxylic acids is 1. The van der Waals surface area contributed by atoms with Crippen LogP contribution in [-0.2, 0) is 16.0 Å². The van der Waals surface area contributed by atoms with Gasteiger partial charge in [-0.2, -0.15) is 0 Å². The molecule has 1 aromatic heterocycles. The summed E-state index contributed by atoms with van der Waals surface area (Å²) in [4.78, 5) is 26.8. The summed E-state index contributed by atoms with van der Waals surface area (Å²) in [7, 11) is 0. The minimum absolute atomic E-state index is 0.0117. The molecule has 21 heavy (non-hydrogen) atoms. The number of carbonyl (C=O) groups is 2. The lowest BCUT2D eigenvalue weighted by molar-refractivity contribution is -0.143. The van der Waals surface area contributed by atoms with Crippen LogP contribution in [0, 0.1) is 11.7 Å². The Morgan fingerprint density at radius 1 is 1.43 bits per heavy atom. The van der Waals surface area contributed by atoms with Gasteiger partial charge in [0.15, 0.2) is 0 Å². The van der Waals surface area contributed by atoms with Crippen molar-refractivity contribution in [3.05, 3.63) is 41.2 Å². The summed E-state index contributed by atoms with van der Waals surface area (Å²) in [6.07, 6.45) is 0.0889. The highest BCUT2D eigenvalue weighted by Gasteiger charge is 2.17. The maximum Gasteiger partial charge on any atom is 0.306 e. The van der Waals surface area contributed by atoms with Gasteiger partial charge < -0.3 is 5.11 Å². The van der Waals surface area contributed by atoms with Crippen LogP contribution >= 0.6 is 11.3 Å². The molecule has 1 N–H and O–H groups in total. The smallest absolute Gasteiger partial charge is 0.306 e. The molecule has 0 fully saturated rings. The van der Waals surface area contributed by atoms with Crippen molar-refractivity contribution in [1.29, 1.82) is 0 Å². The number of hydrogen-bond donors (Lipinski definition) is 1. The Labute approximate surface area is 125 Å². The van der Waals surface area contributed by atoms with E-state index in [1.807, 2.05) is 0 Å². The number of carboxylic acids is 1. The number of carboxylic acid groups (broad SMARTS) is 1. The minimum Gasteiger partial charge on any atom is -0.481 e. The molecule has 0 saturated carbocycles. The van der Waals surface area contributed by atoms with Gasteiger partial charge >= 0.3 is 5.97 Å². The summed E-state index contributed by atoms with van der Waals surface area (Å²) in [5.74, 6) is -2.18. The number of benzene rings is 1. The number of ketones is 1. The van der Waals surface area contributed by atoms with Gasteiger partial charge in [-0.1, -0.05) is 19.1 Å². The SMILES string of the molecule is C[C@@H](CC(=O)Cc1csc(-c2cccc(F)c2)n1)C(=O)O. The molecule has 0 aliphatic carbocycles. The molecule has 2 aromatic rings. The second-order valence-corrected chi connectivity index (χ2v) is 5.67.